The van der Waals surface area contributed by atoms with E-state index in [4.69, 9.17) is 9.47 Å². The summed E-state index contributed by atoms with van der Waals surface area (Å²) in [6.07, 6.45) is 0.877. The van der Waals surface area contributed by atoms with E-state index in [0.29, 0.717) is 6.04 Å². The number of hydrogen-bond acceptors (Lipinski definition) is 5. The number of guanidine groups is 1. The molecular weight excluding hydrogens is 242 g/mol. The number of ether oxygens (including phenoxy) is 2. The quantitative estimate of drug-likeness (QED) is 0.837. The lowest BCUT2D eigenvalue weighted by Gasteiger charge is -2.12. The summed E-state index contributed by atoms with van der Waals surface area (Å²) in [7, 11) is 3.33. The molecule has 0 aliphatic carbocycles. The number of aliphatic imine (C=N–C) groups is 1. The molecule has 2 rings (SSSR count). The Balaban J connectivity index is 1.88. The van der Waals surface area contributed by atoms with Crippen molar-refractivity contribution in [1.82, 2.24) is 10.6 Å². The number of rotatable bonds is 5. The Labute approximate surface area is 114 Å². The molecule has 1 aromatic carbocycles. The molecule has 1 aliphatic heterocycles. The molecule has 1 aliphatic rings. The van der Waals surface area contributed by atoms with E-state index < -0.39 is 0 Å². The van der Waals surface area contributed by atoms with Crippen molar-refractivity contribution in [2.75, 3.05) is 27.3 Å². The first-order chi connectivity index (χ1) is 9.22. The average molecular weight is 263 g/mol. The van der Waals surface area contributed by atoms with Gasteiger partial charge in [0, 0.05) is 18.7 Å². The molecule has 0 saturated carbocycles. The lowest BCUT2D eigenvalue weighted by atomic mass is 10.1. The van der Waals surface area contributed by atoms with Crippen molar-refractivity contribution in [1.29, 1.82) is 0 Å². The topological polar surface area (TPSA) is 54.9 Å². The lowest BCUT2D eigenvalue weighted by molar-refractivity contribution is 0.391. The monoisotopic (exact) mass is 263 g/mol. The van der Waals surface area contributed by atoms with E-state index in [9.17, 15) is 0 Å². The Morgan fingerprint density at radius 3 is 2.84 bits per heavy atom. The Morgan fingerprint density at radius 2 is 2.21 bits per heavy atom. The van der Waals surface area contributed by atoms with Gasteiger partial charge in [-0.1, -0.05) is 6.07 Å². The van der Waals surface area contributed by atoms with Crippen LogP contribution < -0.4 is 20.1 Å². The fourth-order valence-electron chi connectivity index (χ4n) is 2.03. The summed E-state index contributed by atoms with van der Waals surface area (Å²) in [5.41, 5.74) is 1.16. The largest absolute Gasteiger partial charge is 0.497 e. The highest BCUT2D eigenvalue weighted by Crippen LogP contribution is 2.24. The Hall–Kier alpha value is -1.91. The van der Waals surface area contributed by atoms with Crippen molar-refractivity contribution in [3.05, 3.63) is 23.8 Å². The van der Waals surface area contributed by atoms with Gasteiger partial charge in [0.05, 0.1) is 20.8 Å². The van der Waals surface area contributed by atoms with Crippen LogP contribution in [-0.4, -0.2) is 39.3 Å². The summed E-state index contributed by atoms with van der Waals surface area (Å²) in [5.74, 6) is 2.56. The van der Waals surface area contributed by atoms with E-state index in [1.54, 1.807) is 14.2 Å². The minimum Gasteiger partial charge on any atom is -0.497 e. The summed E-state index contributed by atoms with van der Waals surface area (Å²) < 4.78 is 10.6. The summed E-state index contributed by atoms with van der Waals surface area (Å²) >= 11 is 0. The Kier molecular flexibility index (Phi) is 4.49. The van der Waals surface area contributed by atoms with E-state index in [0.717, 1.165) is 42.5 Å². The van der Waals surface area contributed by atoms with Gasteiger partial charge in [-0.15, -0.1) is 0 Å². The third-order valence-electron chi connectivity index (χ3n) is 3.09. The number of nitrogens with zero attached hydrogens (tertiary/aromatic N) is 1. The van der Waals surface area contributed by atoms with Crippen LogP contribution >= 0.6 is 0 Å². The molecule has 0 saturated heterocycles. The molecular formula is C14H21N3O2. The molecule has 5 nitrogen and oxygen atoms in total. The molecule has 1 unspecified atom stereocenters. The second-order valence-electron chi connectivity index (χ2n) is 4.59. The standard InChI is InChI=1S/C14H21N3O2/c1-10-9-16-14(17-10)15-7-6-11-4-5-12(18-2)8-13(11)19-3/h4-5,8,10H,6-7,9H2,1-3H3,(H2,15,16,17). The van der Waals surface area contributed by atoms with Gasteiger partial charge in [-0.05, 0) is 25.0 Å². The second-order valence-corrected chi connectivity index (χ2v) is 4.59. The van der Waals surface area contributed by atoms with E-state index in [1.165, 1.54) is 0 Å². The van der Waals surface area contributed by atoms with Crippen molar-refractivity contribution in [2.24, 2.45) is 4.99 Å². The van der Waals surface area contributed by atoms with Crippen molar-refractivity contribution in [3.63, 3.8) is 0 Å². The van der Waals surface area contributed by atoms with Gasteiger partial charge in [-0.2, -0.15) is 0 Å². The number of hydrogen-bond donors (Lipinski definition) is 2. The minimum atomic E-state index is 0.429. The van der Waals surface area contributed by atoms with Crippen LogP contribution in [-0.2, 0) is 6.42 Å². The maximum absolute atomic E-state index is 5.37. The zero-order chi connectivity index (χ0) is 13.7. The number of methoxy groups -OCH3 is 2. The van der Waals surface area contributed by atoms with Gasteiger partial charge in [-0.25, -0.2) is 0 Å². The zero-order valence-corrected chi connectivity index (χ0v) is 11.7. The highest BCUT2D eigenvalue weighted by atomic mass is 16.5. The van der Waals surface area contributed by atoms with Crippen LogP contribution in [0.4, 0.5) is 0 Å². The van der Waals surface area contributed by atoms with Gasteiger partial charge < -0.3 is 20.1 Å². The van der Waals surface area contributed by atoms with Crippen molar-refractivity contribution >= 4 is 5.96 Å². The van der Waals surface area contributed by atoms with Crippen LogP contribution in [0.1, 0.15) is 12.5 Å². The molecule has 2 N–H and O–H groups in total. The third kappa shape index (κ3) is 3.53. The normalized spacial score (nSPS) is 17.6. The first-order valence-electron chi connectivity index (χ1n) is 6.48. The average Bonchev–Trinajstić information content (AvgIpc) is 2.84. The first-order valence-corrected chi connectivity index (χ1v) is 6.48. The smallest absolute Gasteiger partial charge is 0.191 e. The van der Waals surface area contributed by atoms with Crippen LogP contribution in [0, 0.1) is 0 Å². The SMILES string of the molecule is COc1ccc(CCNC2=NCC(C)N2)c(OC)c1. The van der Waals surface area contributed by atoms with Crippen molar-refractivity contribution in [2.45, 2.75) is 19.4 Å². The fraction of sp³-hybridized carbons (Fsp3) is 0.500. The maximum Gasteiger partial charge on any atom is 0.191 e. The lowest BCUT2D eigenvalue weighted by Crippen LogP contribution is -2.38. The summed E-state index contributed by atoms with van der Waals surface area (Å²) in [6, 6.07) is 6.32. The first kappa shape index (κ1) is 13.5. The molecule has 0 bridgehead atoms. The molecule has 5 heteroatoms. The molecule has 0 spiro atoms. The Bertz CT molecular complexity index is 460. The number of nitrogens with one attached hydrogen (secondary N) is 2. The highest BCUT2D eigenvalue weighted by Gasteiger charge is 2.11. The molecule has 0 radical (unpaired) electrons. The minimum absolute atomic E-state index is 0.429. The van der Waals surface area contributed by atoms with E-state index in [1.807, 2.05) is 18.2 Å². The van der Waals surface area contributed by atoms with Gasteiger partial charge in [-0.3, -0.25) is 4.99 Å². The molecule has 0 amide bonds. The number of benzene rings is 1. The van der Waals surface area contributed by atoms with Gasteiger partial charge >= 0.3 is 0 Å². The van der Waals surface area contributed by atoms with Crippen molar-refractivity contribution in [3.8, 4) is 11.5 Å². The van der Waals surface area contributed by atoms with Crippen molar-refractivity contribution < 1.29 is 9.47 Å². The second kappa shape index (κ2) is 6.31. The molecule has 1 atom stereocenters. The third-order valence-corrected chi connectivity index (χ3v) is 3.09. The van der Waals surface area contributed by atoms with E-state index in [-0.39, 0.29) is 0 Å². The molecule has 0 fully saturated rings. The van der Waals surface area contributed by atoms with Gasteiger partial charge in [0.2, 0.25) is 0 Å². The van der Waals surface area contributed by atoms with E-state index >= 15 is 0 Å². The fourth-order valence-corrected chi connectivity index (χ4v) is 2.03. The highest BCUT2D eigenvalue weighted by molar-refractivity contribution is 5.81. The summed E-state index contributed by atoms with van der Waals surface area (Å²) in [6.45, 7) is 3.78. The molecule has 1 heterocycles. The predicted octanol–water partition coefficient (Wildman–Crippen LogP) is 1.18. The van der Waals surface area contributed by atoms with Gasteiger partial charge in [0.1, 0.15) is 11.5 Å². The summed E-state index contributed by atoms with van der Waals surface area (Å²) in [5, 5.41) is 6.57. The molecule has 104 valence electrons. The van der Waals surface area contributed by atoms with Crippen LogP contribution in [0.2, 0.25) is 0 Å². The molecule has 19 heavy (non-hydrogen) atoms. The van der Waals surface area contributed by atoms with Crippen LogP contribution in [0.25, 0.3) is 0 Å². The maximum atomic E-state index is 5.37. The van der Waals surface area contributed by atoms with Crippen LogP contribution in [0.5, 0.6) is 11.5 Å². The predicted molar refractivity (Wildman–Crippen MR) is 76.2 cm³/mol. The summed E-state index contributed by atoms with van der Waals surface area (Å²) in [4.78, 5) is 4.36. The molecule has 0 aromatic heterocycles. The molecule has 1 aromatic rings. The van der Waals surface area contributed by atoms with Crippen LogP contribution in [0.15, 0.2) is 23.2 Å². The zero-order valence-electron chi connectivity index (χ0n) is 11.7. The Morgan fingerprint density at radius 1 is 1.37 bits per heavy atom. The van der Waals surface area contributed by atoms with Gasteiger partial charge in [0.25, 0.3) is 0 Å². The van der Waals surface area contributed by atoms with Crippen LogP contribution in [0.3, 0.4) is 0 Å². The van der Waals surface area contributed by atoms with Gasteiger partial charge in [0.15, 0.2) is 5.96 Å². The van der Waals surface area contributed by atoms with E-state index in [2.05, 4.69) is 22.5 Å².